The highest BCUT2D eigenvalue weighted by Gasteiger charge is 2.07. The van der Waals surface area contributed by atoms with Crippen LogP contribution in [0.2, 0.25) is 0 Å². The Kier molecular flexibility index (Phi) is 4.15. The topological polar surface area (TPSA) is 83.6 Å². The molecule has 4 aromatic rings. The number of anilines is 1. The van der Waals surface area contributed by atoms with E-state index in [9.17, 15) is 4.79 Å². The van der Waals surface area contributed by atoms with Crippen molar-refractivity contribution in [3.8, 4) is 11.4 Å². The monoisotopic (exact) mass is 343 g/mol. The Morgan fingerprint density at radius 2 is 1.73 bits per heavy atom. The van der Waals surface area contributed by atoms with Crippen LogP contribution in [-0.4, -0.2) is 19.9 Å². The molecule has 2 aromatic carbocycles. The Labute approximate surface area is 150 Å². The van der Waals surface area contributed by atoms with Crippen LogP contribution in [0.3, 0.4) is 0 Å². The van der Waals surface area contributed by atoms with Crippen LogP contribution in [0.5, 0.6) is 0 Å². The van der Waals surface area contributed by atoms with Crippen molar-refractivity contribution in [3.05, 3.63) is 82.5 Å². The maximum Gasteiger partial charge on any atom is 0.258 e. The molecular formula is C20H17N5O. The number of hydrogen-bond donors (Lipinski definition) is 2. The summed E-state index contributed by atoms with van der Waals surface area (Å²) in [5, 5.41) is 3.80. The van der Waals surface area contributed by atoms with E-state index >= 15 is 0 Å². The molecule has 0 spiro atoms. The molecule has 2 N–H and O–H groups in total. The molecule has 0 saturated carbocycles. The summed E-state index contributed by atoms with van der Waals surface area (Å²) in [6, 6.07) is 19.0. The molecule has 6 nitrogen and oxygen atoms in total. The normalized spacial score (nSPS) is 10.8. The average Bonchev–Trinajstić information content (AvgIpc) is 2.67. The predicted molar refractivity (Wildman–Crippen MR) is 102 cm³/mol. The molecule has 2 aromatic heterocycles. The average molecular weight is 343 g/mol. The van der Waals surface area contributed by atoms with E-state index in [0.717, 1.165) is 11.3 Å². The van der Waals surface area contributed by atoms with Gasteiger partial charge in [0.25, 0.3) is 5.56 Å². The van der Waals surface area contributed by atoms with Crippen molar-refractivity contribution in [1.29, 1.82) is 0 Å². The molecule has 4 rings (SSSR count). The first-order valence-corrected chi connectivity index (χ1v) is 8.32. The van der Waals surface area contributed by atoms with E-state index in [2.05, 4.69) is 25.3 Å². The van der Waals surface area contributed by atoms with Gasteiger partial charge < -0.3 is 10.3 Å². The summed E-state index contributed by atoms with van der Waals surface area (Å²) in [7, 11) is 0. The summed E-state index contributed by atoms with van der Waals surface area (Å²) < 4.78 is 0. The summed E-state index contributed by atoms with van der Waals surface area (Å²) in [4.78, 5) is 28.5. The zero-order valence-corrected chi connectivity index (χ0v) is 14.2. The fourth-order valence-corrected chi connectivity index (χ4v) is 2.77. The van der Waals surface area contributed by atoms with Crippen LogP contribution in [0.1, 0.15) is 11.5 Å². The molecule has 0 amide bonds. The maximum absolute atomic E-state index is 12.2. The highest BCUT2D eigenvalue weighted by atomic mass is 16.1. The fraction of sp³-hybridized carbons (Fsp3) is 0.100. The first kappa shape index (κ1) is 16.0. The third-order valence-corrected chi connectivity index (χ3v) is 3.99. The van der Waals surface area contributed by atoms with Gasteiger partial charge in [-0.05, 0) is 19.1 Å². The van der Waals surface area contributed by atoms with Crippen molar-refractivity contribution in [1.82, 2.24) is 19.9 Å². The van der Waals surface area contributed by atoms with Gasteiger partial charge in [-0.15, -0.1) is 0 Å². The zero-order valence-electron chi connectivity index (χ0n) is 14.2. The van der Waals surface area contributed by atoms with Crippen LogP contribution in [0.15, 0.2) is 65.5 Å². The SMILES string of the molecule is Cc1cc(NCc2nc3ccccc3c(=O)[nH]2)nc(-c2ccccc2)n1. The van der Waals surface area contributed by atoms with E-state index in [4.69, 9.17) is 0 Å². The second-order valence-electron chi connectivity index (χ2n) is 5.97. The Balaban J connectivity index is 1.60. The predicted octanol–water partition coefficient (Wildman–Crippen LogP) is 3.30. The molecule has 0 radical (unpaired) electrons. The number of nitrogens with one attached hydrogen (secondary N) is 2. The Morgan fingerprint density at radius 3 is 2.58 bits per heavy atom. The van der Waals surface area contributed by atoms with Crippen LogP contribution < -0.4 is 10.9 Å². The highest BCUT2D eigenvalue weighted by molar-refractivity contribution is 5.77. The Hall–Kier alpha value is -3.54. The van der Waals surface area contributed by atoms with Gasteiger partial charge in [-0.3, -0.25) is 4.79 Å². The molecule has 0 unspecified atom stereocenters. The number of aryl methyl sites for hydroxylation is 1. The third-order valence-electron chi connectivity index (χ3n) is 3.99. The second-order valence-corrected chi connectivity index (χ2v) is 5.97. The van der Waals surface area contributed by atoms with Crippen molar-refractivity contribution in [2.24, 2.45) is 0 Å². The van der Waals surface area contributed by atoms with Gasteiger partial charge in [0.15, 0.2) is 5.82 Å². The number of benzene rings is 2. The number of nitrogens with zero attached hydrogens (tertiary/aromatic N) is 3. The molecule has 26 heavy (non-hydrogen) atoms. The van der Waals surface area contributed by atoms with Crippen LogP contribution in [0.4, 0.5) is 5.82 Å². The standard InChI is InChI=1S/C20H17N5O/c1-13-11-17(24-19(22-13)14-7-3-2-4-8-14)21-12-18-23-16-10-6-5-9-15(16)20(26)25-18/h2-11H,12H2,1H3,(H,21,22,24)(H,23,25,26). The molecule has 0 aliphatic carbocycles. The number of para-hydroxylation sites is 1. The minimum Gasteiger partial charge on any atom is -0.363 e. The number of H-pyrrole nitrogens is 1. The van der Waals surface area contributed by atoms with Gasteiger partial charge in [0, 0.05) is 17.3 Å². The largest absolute Gasteiger partial charge is 0.363 e. The maximum atomic E-state index is 12.2. The lowest BCUT2D eigenvalue weighted by atomic mass is 10.2. The quantitative estimate of drug-likeness (QED) is 0.594. The third kappa shape index (κ3) is 3.30. The summed E-state index contributed by atoms with van der Waals surface area (Å²) in [6.07, 6.45) is 0. The molecule has 0 atom stereocenters. The number of aromatic nitrogens is 4. The van der Waals surface area contributed by atoms with Crippen LogP contribution >= 0.6 is 0 Å². The molecule has 0 fully saturated rings. The van der Waals surface area contributed by atoms with Gasteiger partial charge in [-0.2, -0.15) is 0 Å². The van der Waals surface area contributed by atoms with Crippen molar-refractivity contribution < 1.29 is 0 Å². The molecule has 128 valence electrons. The van der Waals surface area contributed by atoms with Crippen molar-refractivity contribution in [2.75, 3.05) is 5.32 Å². The molecule has 0 saturated heterocycles. The van der Waals surface area contributed by atoms with Gasteiger partial charge >= 0.3 is 0 Å². The van der Waals surface area contributed by atoms with E-state index in [1.54, 1.807) is 6.07 Å². The second kappa shape index (κ2) is 6.76. The van der Waals surface area contributed by atoms with E-state index in [-0.39, 0.29) is 5.56 Å². The Bertz CT molecular complexity index is 1120. The minimum atomic E-state index is -0.142. The first-order valence-electron chi connectivity index (χ1n) is 8.32. The lowest BCUT2D eigenvalue weighted by Crippen LogP contribution is -2.15. The van der Waals surface area contributed by atoms with Crippen LogP contribution in [-0.2, 0) is 6.54 Å². The highest BCUT2D eigenvalue weighted by Crippen LogP contribution is 2.17. The molecule has 0 aliphatic rings. The summed E-state index contributed by atoms with van der Waals surface area (Å²) in [5.74, 6) is 1.91. The van der Waals surface area contributed by atoms with Crippen molar-refractivity contribution >= 4 is 16.7 Å². The minimum absolute atomic E-state index is 0.142. The molecule has 0 bridgehead atoms. The van der Waals surface area contributed by atoms with E-state index in [1.807, 2.05) is 61.5 Å². The molecule has 2 heterocycles. The first-order chi connectivity index (χ1) is 12.7. The number of rotatable bonds is 4. The van der Waals surface area contributed by atoms with Crippen LogP contribution in [0.25, 0.3) is 22.3 Å². The van der Waals surface area contributed by atoms with Gasteiger partial charge in [0.1, 0.15) is 11.6 Å². The molecule has 0 aliphatic heterocycles. The number of fused-ring (bicyclic) bond motifs is 1. The number of hydrogen-bond acceptors (Lipinski definition) is 5. The van der Waals surface area contributed by atoms with Crippen LogP contribution in [0, 0.1) is 6.92 Å². The summed E-state index contributed by atoms with van der Waals surface area (Å²) >= 11 is 0. The van der Waals surface area contributed by atoms with Gasteiger partial charge in [-0.1, -0.05) is 42.5 Å². The van der Waals surface area contributed by atoms with E-state index < -0.39 is 0 Å². The van der Waals surface area contributed by atoms with Crippen molar-refractivity contribution in [3.63, 3.8) is 0 Å². The summed E-state index contributed by atoms with van der Waals surface area (Å²) in [6.45, 7) is 2.29. The number of aromatic amines is 1. The summed E-state index contributed by atoms with van der Waals surface area (Å²) in [5.41, 5.74) is 2.35. The Morgan fingerprint density at radius 1 is 0.962 bits per heavy atom. The molecular weight excluding hydrogens is 326 g/mol. The van der Waals surface area contributed by atoms with Gasteiger partial charge in [0.05, 0.1) is 17.4 Å². The van der Waals surface area contributed by atoms with Gasteiger partial charge in [-0.25, -0.2) is 15.0 Å². The molecule has 6 heteroatoms. The lowest BCUT2D eigenvalue weighted by Gasteiger charge is -2.09. The lowest BCUT2D eigenvalue weighted by molar-refractivity contribution is 0.941. The fourth-order valence-electron chi connectivity index (χ4n) is 2.77. The van der Waals surface area contributed by atoms with Crippen molar-refractivity contribution in [2.45, 2.75) is 13.5 Å². The van der Waals surface area contributed by atoms with E-state index in [0.29, 0.717) is 34.9 Å². The van der Waals surface area contributed by atoms with Gasteiger partial charge in [0.2, 0.25) is 0 Å². The zero-order chi connectivity index (χ0) is 17.9. The van der Waals surface area contributed by atoms with E-state index in [1.165, 1.54) is 0 Å². The smallest absolute Gasteiger partial charge is 0.258 e.